The molecule has 0 saturated heterocycles. The molecule has 3 amide bonds. The molecule has 7 nitrogen and oxygen atoms in total. The van der Waals surface area contributed by atoms with Gasteiger partial charge in [0.25, 0.3) is 5.91 Å². The first kappa shape index (κ1) is 23.4. The van der Waals surface area contributed by atoms with Crippen LogP contribution in [0.15, 0.2) is 24.3 Å². The number of amides is 3. The van der Waals surface area contributed by atoms with Gasteiger partial charge < -0.3 is 20.3 Å². The van der Waals surface area contributed by atoms with Crippen molar-refractivity contribution >= 4 is 23.4 Å². The molecule has 0 aromatic heterocycles. The molecule has 1 aliphatic heterocycles. The van der Waals surface area contributed by atoms with Gasteiger partial charge in [0.05, 0.1) is 12.2 Å². The number of fused-ring (bicyclic) bond motifs is 1. The van der Waals surface area contributed by atoms with Gasteiger partial charge in [0, 0.05) is 7.05 Å². The minimum Gasteiger partial charge on any atom is -0.489 e. The third kappa shape index (κ3) is 4.62. The summed E-state index contributed by atoms with van der Waals surface area (Å²) in [5.41, 5.74) is -1.59. The van der Waals surface area contributed by atoms with E-state index in [1.807, 2.05) is 0 Å². The van der Waals surface area contributed by atoms with E-state index in [4.69, 9.17) is 4.74 Å². The highest BCUT2D eigenvalue weighted by atomic mass is 19.4. The molecule has 1 aromatic carbocycles. The van der Waals surface area contributed by atoms with Crippen LogP contribution in [0.25, 0.3) is 0 Å². The number of nitrogens with one attached hydrogen (secondary N) is 2. The number of carbonyl (C=O) groups excluding carboxylic acids is 3. The maximum absolute atomic E-state index is 13.0. The van der Waals surface area contributed by atoms with Gasteiger partial charge in [-0.3, -0.25) is 14.4 Å². The summed E-state index contributed by atoms with van der Waals surface area (Å²) in [6, 6.07) is 5.38. The molecule has 0 aliphatic carbocycles. The summed E-state index contributed by atoms with van der Waals surface area (Å²) in [4.78, 5) is 38.5. The van der Waals surface area contributed by atoms with Gasteiger partial charge in [-0.1, -0.05) is 12.1 Å². The predicted octanol–water partition coefficient (Wildman–Crippen LogP) is 1.87. The van der Waals surface area contributed by atoms with Gasteiger partial charge in [0.2, 0.25) is 11.8 Å². The SMILES string of the molecule is CN1C(=O)C(NC(=O)C(C)(C)C(=O)NCC(F)(F)C(F)(F)F)COc2ccccc21. The molecule has 12 heteroatoms. The first-order chi connectivity index (χ1) is 13.7. The van der Waals surface area contributed by atoms with E-state index in [2.05, 4.69) is 5.32 Å². The quantitative estimate of drug-likeness (QED) is 0.544. The van der Waals surface area contributed by atoms with Gasteiger partial charge in [0.15, 0.2) is 0 Å². The molecule has 2 rings (SSSR count). The monoisotopic (exact) mass is 437 g/mol. The zero-order chi connectivity index (χ0) is 22.9. The lowest BCUT2D eigenvalue weighted by Crippen LogP contribution is -2.57. The van der Waals surface area contributed by atoms with Crippen molar-refractivity contribution in [1.29, 1.82) is 0 Å². The van der Waals surface area contributed by atoms with Gasteiger partial charge in [-0.05, 0) is 26.0 Å². The predicted molar refractivity (Wildman–Crippen MR) is 95.1 cm³/mol. The van der Waals surface area contributed by atoms with Gasteiger partial charge in [-0.25, -0.2) is 0 Å². The van der Waals surface area contributed by atoms with Crippen LogP contribution in [0.1, 0.15) is 13.8 Å². The Balaban J connectivity index is 2.07. The summed E-state index contributed by atoms with van der Waals surface area (Å²) in [6.45, 7) is -0.223. The van der Waals surface area contributed by atoms with Crippen molar-refractivity contribution in [3.05, 3.63) is 24.3 Å². The number of para-hydroxylation sites is 2. The second-order valence-corrected chi connectivity index (χ2v) is 7.21. The number of hydrogen-bond acceptors (Lipinski definition) is 4. The van der Waals surface area contributed by atoms with Gasteiger partial charge in [0.1, 0.15) is 23.8 Å². The lowest BCUT2D eigenvalue weighted by molar-refractivity contribution is -0.278. The largest absolute Gasteiger partial charge is 0.489 e. The van der Waals surface area contributed by atoms with Crippen molar-refractivity contribution in [3.63, 3.8) is 0 Å². The van der Waals surface area contributed by atoms with Crippen LogP contribution in [-0.4, -0.2) is 56.1 Å². The zero-order valence-corrected chi connectivity index (χ0v) is 16.3. The number of rotatable bonds is 5. The van der Waals surface area contributed by atoms with E-state index >= 15 is 0 Å². The van der Waals surface area contributed by atoms with E-state index in [1.54, 1.807) is 24.3 Å². The first-order valence-corrected chi connectivity index (χ1v) is 8.71. The van der Waals surface area contributed by atoms with Crippen molar-refractivity contribution in [3.8, 4) is 5.75 Å². The average molecular weight is 437 g/mol. The molecule has 2 N–H and O–H groups in total. The summed E-state index contributed by atoms with van der Waals surface area (Å²) < 4.78 is 68.3. The van der Waals surface area contributed by atoms with Crippen LogP contribution < -0.4 is 20.3 Å². The smallest absolute Gasteiger partial charge is 0.455 e. The van der Waals surface area contributed by atoms with E-state index < -0.39 is 47.8 Å². The van der Waals surface area contributed by atoms with E-state index in [1.165, 1.54) is 17.3 Å². The van der Waals surface area contributed by atoms with E-state index in [0.29, 0.717) is 11.4 Å². The minimum atomic E-state index is -5.85. The van der Waals surface area contributed by atoms with Crippen LogP contribution >= 0.6 is 0 Å². The molecule has 0 saturated carbocycles. The lowest BCUT2D eigenvalue weighted by atomic mass is 9.90. The Kier molecular flexibility index (Phi) is 6.29. The third-order valence-corrected chi connectivity index (χ3v) is 4.59. The van der Waals surface area contributed by atoms with Gasteiger partial charge in [-0.2, -0.15) is 22.0 Å². The topological polar surface area (TPSA) is 87.7 Å². The molecule has 1 atom stereocenters. The summed E-state index contributed by atoms with van der Waals surface area (Å²) >= 11 is 0. The molecule has 1 aliphatic rings. The van der Waals surface area contributed by atoms with Crippen LogP contribution in [0.4, 0.5) is 27.6 Å². The highest BCUT2D eigenvalue weighted by molar-refractivity contribution is 6.07. The standard InChI is InChI=1S/C18H20F5N3O4/c1-16(2,14(28)24-9-17(19,20)18(21,22)23)15(29)25-10-8-30-12-7-5-4-6-11(12)26(3)13(10)27/h4-7,10H,8-9H2,1-3H3,(H,24,28)(H,25,29). The fourth-order valence-electron chi connectivity index (χ4n) is 2.51. The Labute approximate surface area is 168 Å². The molecule has 0 bridgehead atoms. The minimum absolute atomic E-state index is 0.268. The second kappa shape index (κ2) is 8.07. The number of halogens is 5. The maximum atomic E-state index is 13.0. The van der Waals surface area contributed by atoms with Crippen LogP contribution in [-0.2, 0) is 14.4 Å². The number of ether oxygens (including phenoxy) is 1. The van der Waals surface area contributed by atoms with E-state index in [-0.39, 0.29) is 6.61 Å². The first-order valence-electron chi connectivity index (χ1n) is 8.71. The molecule has 0 spiro atoms. The number of benzene rings is 1. The number of anilines is 1. The second-order valence-electron chi connectivity index (χ2n) is 7.21. The van der Waals surface area contributed by atoms with Crippen molar-refractivity contribution < 1.29 is 41.1 Å². The fourth-order valence-corrected chi connectivity index (χ4v) is 2.51. The van der Waals surface area contributed by atoms with Crippen LogP contribution in [0.5, 0.6) is 5.75 Å². The fraction of sp³-hybridized carbons (Fsp3) is 0.500. The summed E-state index contributed by atoms with van der Waals surface area (Å²) in [5.74, 6) is -7.74. The summed E-state index contributed by atoms with van der Waals surface area (Å²) in [7, 11) is 1.45. The molecule has 1 unspecified atom stereocenters. The average Bonchev–Trinajstić information content (AvgIpc) is 2.77. The van der Waals surface area contributed by atoms with Gasteiger partial charge >= 0.3 is 12.1 Å². The molecule has 0 fully saturated rings. The molecule has 30 heavy (non-hydrogen) atoms. The van der Waals surface area contributed by atoms with Crippen LogP contribution in [0.3, 0.4) is 0 Å². The molecule has 1 heterocycles. The third-order valence-electron chi connectivity index (χ3n) is 4.59. The zero-order valence-electron chi connectivity index (χ0n) is 16.3. The van der Waals surface area contributed by atoms with Crippen LogP contribution in [0.2, 0.25) is 0 Å². The number of hydrogen-bond donors (Lipinski definition) is 2. The van der Waals surface area contributed by atoms with Crippen LogP contribution in [0, 0.1) is 5.41 Å². The van der Waals surface area contributed by atoms with Crippen molar-refractivity contribution in [2.45, 2.75) is 32.0 Å². The highest BCUT2D eigenvalue weighted by Gasteiger charge is 2.57. The number of alkyl halides is 5. The summed E-state index contributed by atoms with van der Waals surface area (Å²) in [6.07, 6.45) is -5.85. The Bertz CT molecular complexity index is 841. The molecular weight excluding hydrogens is 417 g/mol. The Hall–Kier alpha value is -2.92. The Morgan fingerprint density at radius 1 is 1.13 bits per heavy atom. The van der Waals surface area contributed by atoms with E-state index in [9.17, 15) is 36.3 Å². The maximum Gasteiger partial charge on any atom is 0.455 e. The Morgan fingerprint density at radius 2 is 1.73 bits per heavy atom. The van der Waals surface area contributed by atoms with Crippen molar-refractivity contribution in [2.24, 2.45) is 5.41 Å². The molecule has 0 radical (unpaired) electrons. The number of nitrogens with zero attached hydrogens (tertiary/aromatic N) is 1. The van der Waals surface area contributed by atoms with Crippen molar-refractivity contribution in [2.75, 3.05) is 25.1 Å². The normalized spacial score (nSPS) is 17.5. The van der Waals surface area contributed by atoms with Crippen molar-refractivity contribution in [1.82, 2.24) is 10.6 Å². The van der Waals surface area contributed by atoms with E-state index in [0.717, 1.165) is 13.8 Å². The Morgan fingerprint density at radius 3 is 2.33 bits per heavy atom. The lowest BCUT2D eigenvalue weighted by Gasteiger charge is -2.27. The number of carbonyl (C=O) groups is 3. The molecule has 1 aromatic rings. The molecular formula is C18H20F5N3O4. The summed E-state index contributed by atoms with van der Waals surface area (Å²) in [5, 5.41) is 3.73. The molecule has 166 valence electrons. The highest BCUT2D eigenvalue weighted by Crippen LogP contribution is 2.35. The number of likely N-dealkylation sites (N-methyl/N-ethyl adjacent to an activating group) is 1. The van der Waals surface area contributed by atoms with Gasteiger partial charge in [-0.15, -0.1) is 0 Å².